The number of rotatable bonds is 2. The Kier molecular flexibility index (Phi) is 3.62. The third-order valence-corrected chi connectivity index (χ3v) is 4.44. The van der Waals surface area contributed by atoms with Gasteiger partial charge in [0.15, 0.2) is 17.3 Å². The van der Waals surface area contributed by atoms with Crippen molar-refractivity contribution in [1.82, 2.24) is 9.97 Å². The minimum atomic E-state index is 0.151. The fourth-order valence-corrected chi connectivity index (χ4v) is 2.35. The van der Waals surface area contributed by atoms with Crippen molar-refractivity contribution < 1.29 is 14.2 Å². The number of hydrogen-bond donors (Lipinski definition) is 0. The molecule has 3 rings (SSSR count). The van der Waals surface area contributed by atoms with E-state index >= 15 is 0 Å². The second-order valence-electron chi connectivity index (χ2n) is 3.86. The van der Waals surface area contributed by atoms with Gasteiger partial charge >= 0.3 is 0 Å². The number of hydrogen-bond acceptors (Lipinski definition) is 5. The predicted octanol–water partition coefficient (Wildman–Crippen LogP) is 3.95. The molecule has 8 heteroatoms. The highest BCUT2D eigenvalue weighted by atomic mass is 79.9. The van der Waals surface area contributed by atoms with Crippen LogP contribution in [0, 0.1) is 0 Å². The molecule has 0 radical (unpaired) electrons. The molecule has 2 heterocycles. The molecule has 20 heavy (non-hydrogen) atoms. The van der Waals surface area contributed by atoms with Crippen LogP contribution in [-0.4, -0.2) is 23.9 Å². The second-order valence-corrected chi connectivity index (χ2v) is 5.36. The van der Waals surface area contributed by atoms with E-state index in [4.69, 9.17) is 37.4 Å². The first-order chi connectivity index (χ1) is 9.60. The van der Waals surface area contributed by atoms with Gasteiger partial charge in [-0.1, -0.05) is 23.2 Å². The van der Waals surface area contributed by atoms with Crippen molar-refractivity contribution in [3.05, 3.63) is 26.9 Å². The van der Waals surface area contributed by atoms with Crippen LogP contribution in [0.15, 0.2) is 16.6 Å². The van der Waals surface area contributed by atoms with Gasteiger partial charge in [-0.25, -0.2) is 9.97 Å². The first-order valence-electron chi connectivity index (χ1n) is 5.46. The zero-order chi connectivity index (χ0) is 14.3. The van der Waals surface area contributed by atoms with Gasteiger partial charge in [-0.2, -0.15) is 0 Å². The smallest absolute Gasteiger partial charge is 0.231 e. The van der Waals surface area contributed by atoms with Gasteiger partial charge in [-0.3, -0.25) is 0 Å². The van der Waals surface area contributed by atoms with Crippen LogP contribution >= 0.6 is 39.1 Å². The van der Waals surface area contributed by atoms with E-state index in [1.807, 2.05) is 0 Å². The summed E-state index contributed by atoms with van der Waals surface area (Å²) >= 11 is 15.2. The first-order valence-corrected chi connectivity index (χ1v) is 7.01. The minimum Gasteiger partial charge on any atom is -0.493 e. The number of halogens is 3. The average Bonchev–Trinajstić information content (AvgIpc) is 2.91. The average molecular weight is 378 g/mol. The third kappa shape index (κ3) is 2.28. The van der Waals surface area contributed by atoms with Gasteiger partial charge in [-0.05, 0) is 28.1 Å². The van der Waals surface area contributed by atoms with Gasteiger partial charge in [0.2, 0.25) is 12.5 Å². The number of nitrogens with zero attached hydrogens (tertiary/aromatic N) is 2. The fourth-order valence-electron chi connectivity index (χ4n) is 1.78. The number of aromatic nitrogens is 2. The molecule has 1 aliphatic rings. The van der Waals surface area contributed by atoms with Crippen LogP contribution in [0.1, 0.15) is 0 Å². The van der Waals surface area contributed by atoms with Crippen LogP contribution in [0.2, 0.25) is 10.3 Å². The number of methoxy groups -OCH3 is 1. The zero-order valence-corrected chi connectivity index (χ0v) is 13.2. The molecule has 0 spiro atoms. The molecule has 1 aromatic carbocycles. The molecule has 0 saturated heterocycles. The maximum absolute atomic E-state index is 5.99. The van der Waals surface area contributed by atoms with E-state index in [2.05, 4.69) is 25.9 Å². The van der Waals surface area contributed by atoms with Crippen molar-refractivity contribution in [1.29, 1.82) is 0 Å². The maximum atomic E-state index is 5.99. The number of fused-ring (bicyclic) bond motifs is 1. The molecule has 0 fully saturated rings. The highest BCUT2D eigenvalue weighted by Crippen LogP contribution is 2.44. The van der Waals surface area contributed by atoms with Crippen molar-refractivity contribution in [2.45, 2.75) is 0 Å². The highest BCUT2D eigenvalue weighted by molar-refractivity contribution is 9.10. The summed E-state index contributed by atoms with van der Waals surface area (Å²) in [6.07, 6.45) is 0. The summed E-state index contributed by atoms with van der Waals surface area (Å²) in [7, 11) is 1.55. The van der Waals surface area contributed by atoms with E-state index in [9.17, 15) is 0 Å². The second kappa shape index (κ2) is 5.27. The Morgan fingerprint density at radius 1 is 1.20 bits per heavy atom. The molecule has 104 valence electrons. The Bertz CT molecular complexity index is 674. The normalized spacial score (nSPS) is 12.6. The molecular weight excluding hydrogens is 371 g/mol. The monoisotopic (exact) mass is 376 g/mol. The molecular formula is C12H7BrCl2N2O3. The molecule has 0 aliphatic carbocycles. The summed E-state index contributed by atoms with van der Waals surface area (Å²) in [6, 6.07) is 3.49. The van der Waals surface area contributed by atoms with Crippen LogP contribution in [0.4, 0.5) is 0 Å². The van der Waals surface area contributed by atoms with Crippen molar-refractivity contribution >= 4 is 39.1 Å². The lowest BCUT2D eigenvalue weighted by molar-refractivity contribution is 0.171. The topological polar surface area (TPSA) is 53.5 Å². The summed E-state index contributed by atoms with van der Waals surface area (Å²) in [4.78, 5) is 8.35. The Labute approximate surface area is 132 Å². The van der Waals surface area contributed by atoms with Gasteiger partial charge in [0.1, 0.15) is 10.3 Å². The molecule has 0 unspecified atom stereocenters. The molecule has 1 aromatic heterocycles. The minimum absolute atomic E-state index is 0.151. The first kappa shape index (κ1) is 13.7. The molecule has 0 amide bonds. The van der Waals surface area contributed by atoms with Crippen molar-refractivity contribution in [2.75, 3.05) is 13.9 Å². The van der Waals surface area contributed by atoms with E-state index in [0.29, 0.717) is 33.1 Å². The van der Waals surface area contributed by atoms with E-state index < -0.39 is 0 Å². The van der Waals surface area contributed by atoms with E-state index in [1.165, 1.54) is 0 Å². The molecule has 2 aromatic rings. The van der Waals surface area contributed by atoms with Crippen molar-refractivity contribution in [3.8, 4) is 28.6 Å². The van der Waals surface area contributed by atoms with Crippen LogP contribution in [0.5, 0.6) is 17.2 Å². The Morgan fingerprint density at radius 2 is 1.90 bits per heavy atom. The van der Waals surface area contributed by atoms with E-state index in [0.717, 1.165) is 0 Å². The maximum Gasteiger partial charge on any atom is 0.231 e. The summed E-state index contributed by atoms with van der Waals surface area (Å²) in [5, 5.41) is 0.466. The van der Waals surface area contributed by atoms with Crippen molar-refractivity contribution in [3.63, 3.8) is 0 Å². The number of ether oxygens (including phenoxy) is 3. The Hall–Kier alpha value is -1.24. The largest absolute Gasteiger partial charge is 0.493 e. The van der Waals surface area contributed by atoms with Crippen molar-refractivity contribution in [2.24, 2.45) is 0 Å². The molecule has 0 saturated carbocycles. The lowest BCUT2D eigenvalue weighted by Gasteiger charge is -2.08. The lowest BCUT2D eigenvalue weighted by Crippen LogP contribution is -1.94. The van der Waals surface area contributed by atoms with Crippen LogP contribution in [0.3, 0.4) is 0 Å². The van der Waals surface area contributed by atoms with Gasteiger partial charge in [-0.15, -0.1) is 0 Å². The summed E-state index contributed by atoms with van der Waals surface area (Å²) in [5.74, 6) is 2.04. The van der Waals surface area contributed by atoms with Crippen LogP contribution in [-0.2, 0) is 0 Å². The molecule has 0 atom stereocenters. The summed E-state index contributed by atoms with van der Waals surface area (Å²) in [5.41, 5.74) is 0.669. The lowest BCUT2D eigenvalue weighted by atomic mass is 10.1. The van der Waals surface area contributed by atoms with Gasteiger partial charge < -0.3 is 14.2 Å². The SMILES string of the molecule is COc1cc(-c2nc(Cl)c(Br)c(Cl)n2)cc2c1OCO2. The van der Waals surface area contributed by atoms with Gasteiger partial charge in [0.25, 0.3) is 0 Å². The number of benzene rings is 1. The van der Waals surface area contributed by atoms with Crippen LogP contribution in [0.25, 0.3) is 11.4 Å². The van der Waals surface area contributed by atoms with Gasteiger partial charge in [0.05, 0.1) is 11.6 Å². The van der Waals surface area contributed by atoms with Crippen LogP contribution < -0.4 is 14.2 Å². The Morgan fingerprint density at radius 3 is 2.55 bits per heavy atom. The van der Waals surface area contributed by atoms with E-state index in [1.54, 1.807) is 19.2 Å². The Balaban J connectivity index is 2.16. The fraction of sp³-hybridized carbons (Fsp3) is 0.167. The molecule has 5 nitrogen and oxygen atoms in total. The van der Waals surface area contributed by atoms with Gasteiger partial charge in [0, 0.05) is 5.56 Å². The highest BCUT2D eigenvalue weighted by Gasteiger charge is 2.22. The molecule has 0 N–H and O–H groups in total. The standard InChI is InChI=1S/C12H7BrCl2N2O3/c1-18-6-2-5(3-7-9(6)20-4-19-7)12-16-10(14)8(13)11(15)17-12/h2-3H,4H2,1H3. The third-order valence-electron chi connectivity index (χ3n) is 2.69. The molecule has 0 bridgehead atoms. The molecule has 1 aliphatic heterocycles. The summed E-state index contributed by atoms with van der Waals surface area (Å²) in [6.45, 7) is 0.151. The predicted molar refractivity (Wildman–Crippen MR) is 77.9 cm³/mol. The van der Waals surface area contributed by atoms with E-state index in [-0.39, 0.29) is 17.1 Å². The zero-order valence-electron chi connectivity index (χ0n) is 10.1. The summed E-state index contributed by atoms with van der Waals surface area (Å²) < 4.78 is 16.4. The quantitative estimate of drug-likeness (QED) is 0.741.